The van der Waals surface area contributed by atoms with Crippen LogP contribution in [0, 0.1) is 5.41 Å². The number of ether oxygens (including phenoxy) is 2. The Hall–Kier alpha value is -3.71. The zero-order chi connectivity index (χ0) is 25.0. The van der Waals surface area contributed by atoms with Gasteiger partial charge in [-0.2, -0.15) is 0 Å². The van der Waals surface area contributed by atoms with E-state index in [0.29, 0.717) is 34.5 Å². The summed E-state index contributed by atoms with van der Waals surface area (Å²) in [6.07, 6.45) is 3.46. The normalized spacial score (nSPS) is 11.3. The van der Waals surface area contributed by atoms with Crippen LogP contribution < -0.4 is 14.8 Å². The molecule has 2 heterocycles. The van der Waals surface area contributed by atoms with Gasteiger partial charge in [0.15, 0.2) is 0 Å². The van der Waals surface area contributed by atoms with E-state index in [1.54, 1.807) is 25.4 Å². The summed E-state index contributed by atoms with van der Waals surface area (Å²) < 4.78 is 11.4. The summed E-state index contributed by atoms with van der Waals surface area (Å²) in [4.78, 5) is 25.7. The highest BCUT2D eigenvalue weighted by atomic mass is 35.5. The average Bonchev–Trinajstić information content (AvgIpc) is 2.83. The summed E-state index contributed by atoms with van der Waals surface area (Å²) in [6, 6.07) is 14.8. The van der Waals surface area contributed by atoms with E-state index in [-0.39, 0.29) is 12.2 Å². The van der Waals surface area contributed by atoms with E-state index in [4.69, 9.17) is 21.1 Å². The molecule has 4 rings (SSSR count). The van der Waals surface area contributed by atoms with E-state index in [1.807, 2.05) is 57.2 Å². The molecule has 0 aliphatic rings. The first kappa shape index (κ1) is 24.4. The molecule has 2 aromatic heterocycles. The molecule has 0 spiro atoms. The first-order chi connectivity index (χ1) is 16.7. The molecule has 0 radical (unpaired) electrons. The lowest BCUT2D eigenvalue weighted by Crippen LogP contribution is -2.22. The number of nitrogens with zero attached hydrogens (tertiary/aromatic N) is 3. The molecular formula is C27H27ClN4O3. The quantitative estimate of drug-likeness (QED) is 0.316. The molecule has 0 saturated carbocycles. The van der Waals surface area contributed by atoms with Gasteiger partial charge in [-0.3, -0.25) is 9.78 Å². The molecule has 0 atom stereocenters. The SMILES string of the molecule is COc1cc2ncnc(Nc3ccc(OCc4ccccn4)c(Cl)c3)c2cc1CC(=O)C(C)(C)C. The maximum Gasteiger partial charge on any atom is 0.142 e. The van der Waals surface area contributed by atoms with Gasteiger partial charge >= 0.3 is 0 Å². The third-order valence-electron chi connectivity index (χ3n) is 5.52. The topological polar surface area (TPSA) is 86.2 Å². The molecular weight excluding hydrogens is 464 g/mol. The number of pyridine rings is 1. The van der Waals surface area contributed by atoms with Gasteiger partial charge in [0.2, 0.25) is 0 Å². The largest absolute Gasteiger partial charge is 0.496 e. The van der Waals surface area contributed by atoms with Gasteiger partial charge in [-0.25, -0.2) is 9.97 Å². The Balaban J connectivity index is 1.59. The van der Waals surface area contributed by atoms with Gasteiger partial charge in [-0.05, 0) is 36.4 Å². The summed E-state index contributed by atoms with van der Waals surface area (Å²) >= 11 is 6.47. The number of carbonyl (C=O) groups is 1. The van der Waals surface area contributed by atoms with Gasteiger partial charge in [0.25, 0.3) is 0 Å². The molecule has 35 heavy (non-hydrogen) atoms. The van der Waals surface area contributed by atoms with Gasteiger partial charge in [0, 0.05) is 40.7 Å². The van der Waals surface area contributed by atoms with Crippen LogP contribution in [0.2, 0.25) is 5.02 Å². The molecule has 0 aliphatic heterocycles. The number of carbonyl (C=O) groups excluding carboxylic acids is 1. The predicted molar refractivity (Wildman–Crippen MR) is 138 cm³/mol. The number of benzene rings is 2. The standard InChI is InChI=1S/C27H27ClN4O3/c1-27(2,3)25(33)12-17-11-20-22(14-24(17)34-4)30-16-31-26(20)32-18-8-9-23(21(28)13-18)35-15-19-7-5-6-10-29-19/h5-11,13-14,16H,12,15H2,1-4H3,(H,30,31,32). The number of methoxy groups -OCH3 is 1. The van der Waals surface area contributed by atoms with Gasteiger partial charge in [-0.1, -0.05) is 38.4 Å². The second kappa shape index (κ2) is 10.3. The fraction of sp³-hybridized carbons (Fsp3) is 0.259. The minimum absolute atomic E-state index is 0.120. The van der Waals surface area contributed by atoms with Crippen LogP contribution in [0.3, 0.4) is 0 Å². The van der Waals surface area contributed by atoms with E-state index in [1.165, 1.54) is 6.33 Å². The van der Waals surface area contributed by atoms with E-state index in [2.05, 4.69) is 20.3 Å². The van der Waals surface area contributed by atoms with Crippen molar-refractivity contribution in [3.8, 4) is 11.5 Å². The second-order valence-electron chi connectivity index (χ2n) is 9.13. The second-order valence-corrected chi connectivity index (χ2v) is 9.54. The van der Waals surface area contributed by atoms with Crippen LogP contribution in [-0.4, -0.2) is 27.8 Å². The Morgan fingerprint density at radius 2 is 1.86 bits per heavy atom. The van der Waals surface area contributed by atoms with Gasteiger partial charge in [0.05, 0.1) is 23.3 Å². The molecule has 8 heteroatoms. The smallest absolute Gasteiger partial charge is 0.142 e. The van der Waals surface area contributed by atoms with Gasteiger partial charge in [-0.15, -0.1) is 0 Å². The lowest BCUT2D eigenvalue weighted by Gasteiger charge is -2.18. The maximum atomic E-state index is 12.7. The van der Waals surface area contributed by atoms with Crippen molar-refractivity contribution >= 4 is 39.8 Å². The van der Waals surface area contributed by atoms with Crippen LogP contribution in [0.1, 0.15) is 32.0 Å². The molecule has 0 amide bonds. The van der Waals surface area contributed by atoms with Crippen molar-refractivity contribution in [1.82, 2.24) is 15.0 Å². The summed E-state index contributed by atoms with van der Waals surface area (Å²) in [7, 11) is 1.59. The van der Waals surface area contributed by atoms with Crippen LogP contribution in [0.4, 0.5) is 11.5 Å². The highest BCUT2D eigenvalue weighted by molar-refractivity contribution is 6.32. The van der Waals surface area contributed by atoms with Crippen molar-refractivity contribution in [2.75, 3.05) is 12.4 Å². The van der Waals surface area contributed by atoms with Crippen molar-refractivity contribution < 1.29 is 14.3 Å². The van der Waals surface area contributed by atoms with E-state index >= 15 is 0 Å². The summed E-state index contributed by atoms with van der Waals surface area (Å²) in [5.74, 6) is 1.90. The molecule has 180 valence electrons. The highest BCUT2D eigenvalue weighted by Gasteiger charge is 2.23. The van der Waals surface area contributed by atoms with Crippen LogP contribution in [-0.2, 0) is 17.8 Å². The number of rotatable bonds is 8. The summed E-state index contributed by atoms with van der Waals surface area (Å²) in [5.41, 5.74) is 2.59. The fourth-order valence-electron chi connectivity index (χ4n) is 3.46. The van der Waals surface area contributed by atoms with Gasteiger partial charge in [0.1, 0.15) is 36.0 Å². The van der Waals surface area contributed by atoms with Crippen molar-refractivity contribution in [2.24, 2.45) is 5.41 Å². The molecule has 1 N–H and O–H groups in total. The third-order valence-corrected chi connectivity index (χ3v) is 5.82. The average molecular weight is 491 g/mol. The van der Waals surface area contributed by atoms with Gasteiger partial charge < -0.3 is 14.8 Å². The van der Waals surface area contributed by atoms with Crippen LogP contribution in [0.15, 0.2) is 61.1 Å². The number of fused-ring (bicyclic) bond motifs is 1. The minimum atomic E-state index is -0.453. The highest BCUT2D eigenvalue weighted by Crippen LogP contribution is 2.33. The molecule has 0 unspecified atom stereocenters. The Kier molecular flexibility index (Phi) is 7.17. The van der Waals surface area contributed by atoms with Crippen molar-refractivity contribution in [2.45, 2.75) is 33.8 Å². The molecule has 2 aromatic carbocycles. The molecule has 4 aromatic rings. The Labute approximate surface area is 209 Å². The maximum absolute atomic E-state index is 12.7. The molecule has 0 aliphatic carbocycles. The first-order valence-electron chi connectivity index (χ1n) is 11.2. The Morgan fingerprint density at radius 3 is 2.54 bits per heavy atom. The molecule has 0 saturated heterocycles. The number of hydrogen-bond acceptors (Lipinski definition) is 7. The zero-order valence-corrected chi connectivity index (χ0v) is 20.9. The Bertz CT molecular complexity index is 1350. The van der Waals surface area contributed by atoms with Crippen LogP contribution >= 0.6 is 11.6 Å². The van der Waals surface area contributed by atoms with Crippen LogP contribution in [0.25, 0.3) is 10.9 Å². The minimum Gasteiger partial charge on any atom is -0.496 e. The third kappa shape index (κ3) is 5.87. The van der Waals surface area contributed by atoms with Crippen molar-refractivity contribution in [3.63, 3.8) is 0 Å². The molecule has 7 nitrogen and oxygen atoms in total. The molecule has 0 bridgehead atoms. The number of Topliss-reactive ketones (excluding diaryl/α,β-unsaturated/α-hetero) is 1. The van der Waals surface area contributed by atoms with Crippen molar-refractivity contribution in [1.29, 1.82) is 0 Å². The monoisotopic (exact) mass is 490 g/mol. The lowest BCUT2D eigenvalue weighted by molar-refractivity contribution is -0.125. The number of nitrogens with one attached hydrogen (secondary N) is 1. The number of hydrogen-bond donors (Lipinski definition) is 1. The number of aromatic nitrogens is 3. The summed E-state index contributed by atoms with van der Waals surface area (Å²) in [6.45, 7) is 6.05. The number of anilines is 2. The van der Waals surface area contributed by atoms with E-state index in [9.17, 15) is 4.79 Å². The lowest BCUT2D eigenvalue weighted by atomic mass is 9.86. The van der Waals surface area contributed by atoms with E-state index in [0.717, 1.165) is 22.3 Å². The zero-order valence-electron chi connectivity index (χ0n) is 20.1. The van der Waals surface area contributed by atoms with Crippen molar-refractivity contribution in [3.05, 3.63) is 77.3 Å². The summed E-state index contributed by atoms with van der Waals surface area (Å²) in [5, 5.41) is 4.54. The first-order valence-corrected chi connectivity index (χ1v) is 11.6. The fourth-order valence-corrected chi connectivity index (χ4v) is 3.70. The predicted octanol–water partition coefficient (Wildman–Crippen LogP) is 6.17. The number of halogens is 1. The van der Waals surface area contributed by atoms with E-state index < -0.39 is 5.41 Å². The number of ketones is 1. The molecule has 0 fully saturated rings. The Morgan fingerprint density at radius 1 is 1.03 bits per heavy atom. The van der Waals surface area contributed by atoms with Crippen LogP contribution in [0.5, 0.6) is 11.5 Å².